The van der Waals surface area contributed by atoms with Gasteiger partial charge in [0.05, 0.1) is 0 Å². The van der Waals surface area contributed by atoms with Crippen LogP contribution in [0.15, 0.2) is 60.7 Å². The van der Waals surface area contributed by atoms with Gasteiger partial charge in [0.2, 0.25) is 0 Å². The van der Waals surface area contributed by atoms with Crippen LogP contribution in [0.4, 0.5) is 0 Å². The van der Waals surface area contributed by atoms with Gasteiger partial charge in [-0.15, -0.1) is 0 Å². The lowest BCUT2D eigenvalue weighted by atomic mass is 9.83. The predicted molar refractivity (Wildman–Crippen MR) is 113 cm³/mol. The van der Waals surface area contributed by atoms with E-state index in [9.17, 15) is 0 Å². The molecule has 2 nitrogen and oxygen atoms in total. The molecule has 0 amide bonds. The highest BCUT2D eigenvalue weighted by atomic mass is 15.2. The SMILES string of the molecule is CC1CC1(c1ccc2c(c1)CNCC2c1ccc2ccccc2c1)N(C)C. The van der Waals surface area contributed by atoms with Crippen LogP contribution in [0.5, 0.6) is 0 Å². The third kappa shape index (κ3) is 2.62. The highest BCUT2D eigenvalue weighted by Gasteiger charge is 2.54. The lowest BCUT2D eigenvalue weighted by Gasteiger charge is -2.31. The van der Waals surface area contributed by atoms with E-state index in [1.165, 1.54) is 39.4 Å². The van der Waals surface area contributed by atoms with E-state index >= 15 is 0 Å². The maximum Gasteiger partial charge on any atom is 0.0484 e. The molecule has 3 aromatic carbocycles. The summed E-state index contributed by atoms with van der Waals surface area (Å²) in [6, 6.07) is 22.9. The molecule has 3 aromatic rings. The van der Waals surface area contributed by atoms with Crippen molar-refractivity contribution in [2.75, 3.05) is 20.6 Å². The van der Waals surface area contributed by atoms with Crippen molar-refractivity contribution < 1.29 is 0 Å². The van der Waals surface area contributed by atoms with Crippen LogP contribution in [-0.2, 0) is 12.1 Å². The third-order valence-electron chi connectivity index (χ3n) is 6.93. The molecule has 1 N–H and O–H groups in total. The van der Waals surface area contributed by atoms with Crippen LogP contribution in [0.1, 0.15) is 41.5 Å². The van der Waals surface area contributed by atoms with E-state index in [2.05, 4.69) is 91.9 Å². The van der Waals surface area contributed by atoms with Crippen molar-refractivity contribution in [2.45, 2.75) is 31.3 Å². The number of nitrogens with one attached hydrogen (secondary N) is 1. The van der Waals surface area contributed by atoms with Crippen molar-refractivity contribution in [2.24, 2.45) is 5.92 Å². The zero-order valence-corrected chi connectivity index (χ0v) is 16.5. The number of hydrogen-bond acceptors (Lipinski definition) is 2. The summed E-state index contributed by atoms with van der Waals surface area (Å²) in [6.07, 6.45) is 1.26. The first kappa shape index (κ1) is 17.0. The zero-order chi connectivity index (χ0) is 18.6. The van der Waals surface area contributed by atoms with Gasteiger partial charge in [-0.1, -0.05) is 67.6 Å². The summed E-state index contributed by atoms with van der Waals surface area (Å²) in [5, 5.41) is 6.31. The molecule has 2 heteroatoms. The molecule has 3 unspecified atom stereocenters. The summed E-state index contributed by atoms with van der Waals surface area (Å²) in [5.74, 6) is 1.16. The van der Waals surface area contributed by atoms with Crippen molar-refractivity contribution in [3.63, 3.8) is 0 Å². The fraction of sp³-hybridized carbons (Fsp3) is 0.360. The molecule has 1 aliphatic heterocycles. The zero-order valence-electron chi connectivity index (χ0n) is 16.5. The van der Waals surface area contributed by atoms with E-state index in [-0.39, 0.29) is 5.54 Å². The number of fused-ring (bicyclic) bond motifs is 2. The molecule has 2 aliphatic rings. The van der Waals surface area contributed by atoms with Gasteiger partial charge in [0.25, 0.3) is 0 Å². The summed E-state index contributed by atoms with van der Waals surface area (Å²) in [4.78, 5) is 2.41. The van der Waals surface area contributed by atoms with Crippen molar-refractivity contribution in [3.8, 4) is 0 Å². The van der Waals surface area contributed by atoms with Crippen LogP contribution >= 0.6 is 0 Å². The number of benzene rings is 3. The number of rotatable bonds is 3. The van der Waals surface area contributed by atoms with Crippen molar-refractivity contribution in [1.29, 1.82) is 0 Å². The van der Waals surface area contributed by atoms with Gasteiger partial charge in [0.15, 0.2) is 0 Å². The molecule has 1 saturated carbocycles. The molecule has 0 radical (unpaired) electrons. The fourth-order valence-corrected chi connectivity index (χ4v) is 5.24. The monoisotopic (exact) mass is 356 g/mol. The minimum absolute atomic E-state index is 0.241. The molecule has 0 saturated heterocycles. The molecule has 0 spiro atoms. The van der Waals surface area contributed by atoms with Crippen molar-refractivity contribution >= 4 is 10.8 Å². The van der Waals surface area contributed by atoms with Gasteiger partial charge >= 0.3 is 0 Å². The van der Waals surface area contributed by atoms with Crippen LogP contribution in [0, 0.1) is 5.92 Å². The lowest BCUT2D eigenvalue weighted by molar-refractivity contribution is 0.256. The molecule has 0 bridgehead atoms. The van der Waals surface area contributed by atoms with E-state index in [0.29, 0.717) is 5.92 Å². The Morgan fingerprint density at radius 3 is 2.48 bits per heavy atom. The van der Waals surface area contributed by atoms with E-state index in [1.807, 2.05) is 0 Å². The molecule has 5 rings (SSSR count). The molecule has 3 atom stereocenters. The standard InChI is InChI=1S/C25H28N2/c1-17-14-25(17,27(2)3)22-10-11-23-21(13-22)15-26-16-24(23)20-9-8-18-6-4-5-7-19(18)12-20/h4-13,17,24,26H,14-16H2,1-3H3. The van der Waals surface area contributed by atoms with Gasteiger partial charge < -0.3 is 5.32 Å². The Morgan fingerprint density at radius 2 is 1.74 bits per heavy atom. The number of nitrogens with zero attached hydrogens (tertiary/aromatic N) is 1. The molecule has 1 fully saturated rings. The Hall–Kier alpha value is -2.16. The normalized spacial score (nSPS) is 27.0. The Bertz CT molecular complexity index is 1010. The summed E-state index contributed by atoms with van der Waals surface area (Å²) in [6.45, 7) is 4.36. The van der Waals surface area contributed by atoms with E-state index < -0.39 is 0 Å². The molecule has 0 aromatic heterocycles. The average molecular weight is 357 g/mol. The van der Waals surface area contributed by atoms with E-state index in [1.54, 1.807) is 0 Å². The summed E-state index contributed by atoms with van der Waals surface area (Å²) < 4.78 is 0. The van der Waals surface area contributed by atoms with Crippen LogP contribution in [-0.4, -0.2) is 25.5 Å². The van der Waals surface area contributed by atoms with Crippen LogP contribution in [0.3, 0.4) is 0 Å². The average Bonchev–Trinajstić information content (AvgIpc) is 3.39. The molecule has 1 heterocycles. The van der Waals surface area contributed by atoms with Gasteiger partial charge in [0.1, 0.15) is 0 Å². The van der Waals surface area contributed by atoms with E-state index in [4.69, 9.17) is 0 Å². The maximum absolute atomic E-state index is 3.66. The minimum Gasteiger partial charge on any atom is -0.312 e. The quantitative estimate of drug-likeness (QED) is 0.720. The minimum atomic E-state index is 0.241. The summed E-state index contributed by atoms with van der Waals surface area (Å²) in [5.41, 5.74) is 6.11. The molecule has 1 aliphatic carbocycles. The second-order valence-electron chi connectivity index (χ2n) is 8.63. The Labute approximate surface area is 162 Å². The molecular formula is C25H28N2. The van der Waals surface area contributed by atoms with Gasteiger partial charge in [-0.2, -0.15) is 0 Å². The largest absolute Gasteiger partial charge is 0.312 e. The third-order valence-corrected chi connectivity index (χ3v) is 6.93. The van der Waals surface area contributed by atoms with Crippen molar-refractivity contribution in [3.05, 3.63) is 82.9 Å². The highest BCUT2D eigenvalue weighted by molar-refractivity contribution is 5.83. The topological polar surface area (TPSA) is 15.3 Å². The Balaban J connectivity index is 1.55. The second-order valence-corrected chi connectivity index (χ2v) is 8.63. The summed E-state index contributed by atoms with van der Waals surface area (Å²) in [7, 11) is 4.44. The first-order valence-corrected chi connectivity index (χ1v) is 10.1. The van der Waals surface area contributed by atoms with Crippen LogP contribution in [0.2, 0.25) is 0 Å². The summed E-state index contributed by atoms with van der Waals surface area (Å²) >= 11 is 0. The first-order chi connectivity index (χ1) is 13.1. The molecular weight excluding hydrogens is 328 g/mol. The van der Waals surface area contributed by atoms with Gasteiger partial charge in [-0.05, 0) is 59.5 Å². The highest BCUT2D eigenvalue weighted by Crippen LogP contribution is 2.55. The van der Waals surface area contributed by atoms with Gasteiger partial charge in [0, 0.05) is 24.5 Å². The van der Waals surface area contributed by atoms with Crippen LogP contribution < -0.4 is 5.32 Å². The van der Waals surface area contributed by atoms with Crippen molar-refractivity contribution in [1.82, 2.24) is 10.2 Å². The van der Waals surface area contributed by atoms with Gasteiger partial charge in [-0.3, -0.25) is 4.90 Å². The fourth-order valence-electron chi connectivity index (χ4n) is 5.24. The molecule has 138 valence electrons. The predicted octanol–water partition coefficient (Wildman–Crippen LogP) is 4.87. The lowest BCUT2D eigenvalue weighted by Crippen LogP contribution is -2.32. The van der Waals surface area contributed by atoms with E-state index in [0.717, 1.165) is 19.0 Å². The second kappa shape index (κ2) is 6.19. The number of hydrogen-bond donors (Lipinski definition) is 1. The Morgan fingerprint density at radius 1 is 0.963 bits per heavy atom. The maximum atomic E-state index is 3.66. The van der Waals surface area contributed by atoms with Gasteiger partial charge in [-0.25, -0.2) is 0 Å². The van der Waals surface area contributed by atoms with Crippen LogP contribution in [0.25, 0.3) is 10.8 Å². The Kier molecular flexibility index (Phi) is 3.89. The first-order valence-electron chi connectivity index (χ1n) is 10.1. The smallest absolute Gasteiger partial charge is 0.0484 e. The molecule has 27 heavy (non-hydrogen) atoms.